The Labute approximate surface area is 167 Å². The number of anilines is 1. The van der Waals surface area contributed by atoms with Crippen LogP contribution >= 0.6 is 0 Å². The molecule has 2 amide bonds. The first-order valence-corrected chi connectivity index (χ1v) is 9.60. The van der Waals surface area contributed by atoms with Gasteiger partial charge in [0, 0.05) is 17.7 Å². The number of allylic oxidation sites excluding steroid dienone is 1. The van der Waals surface area contributed by atoms with Gasteiger partial charge in [-0.15, -0.1) is 0 Å². The largest absolute Gasteiger partial charge is 0.454 e. The van der Waals surface area contributed by atoms with E-state index < -0.39 is 29.3 Å². The van der Waals surface area contributed by atoms with Crippen LogP contribution in [0.15, 0.2) is 35.5 Å². The zero-order valence-corrected chi connectivity index (χ0v) is 16.4. The third kappa shape index (κ3) is 2.44. The van der Waals surface area contributed by atoms with E-state index in [4.69, 9.17) is 9.47 Å². The maximum Gasteiger partial charge on any atom is 0.240 e. The standard InChI is InChI=1S/C21H21N3O5/c1-21(2,3)18(25)17-16-15(12-5-4-8-22-24(12)17)19(26)23(20(16)27)11-6-7-13-14(9-11)29-10-28-13/h4-9,12,15-17H,10H2,1-3H3. The van der Waals surface area contributed by atoms with E-state index in [2.05, 4.69) is 5.10 Å². The molecule has 0 bridgehead atoms. The lowest BCUT2D eigenvalue weighted by Crippen LogP contribution is -2.49. The van der Waals surface area contributed by atoms with Crippen molar-refractivity contribution in [1.82, 2.24) is 5.01 Å². The first kappa shape index (κ1) is 17.9. The van der Waals surface area contributed by atoms with Gasteiger partial charge in [0.1, 0.15) is 6.04 Å². The molecule has 0 N–H and O–H groups in total. The van der Waals surface area contributed by atoms with Crippen LogP contribution in [0.1, 0.15) is 20.8 Å². The van der Waals surface area contributed by atoms with Crippen molar-refractivity contribution in [3.05, 3.63) is 30.4 Å². The van der Waals surface area contributed by atoms with Crippen LogP contribution in [0.25, 0.3) is 0 Å². The van der Waals surface area contributed by atoms with E-state index in [-0.39, 0.29) is 24.4 Å². The van der Waals surface area contributed by atoms with Gasteiger partial charge < -0.3 is 9.47 Å². The highest BCUT2D eigenvalue weighted by molar-refractivity contribution is 6.24. The number of amides is 2. The zero-order chi connectivity index (χ0) is 20.5. The number of benzene rings is 1. The molecule has 4 aliphatic rings. The lowest BCUT2D eigenvalue weighted by molar-refractivity contribution is -0.136. The van der Waals surface area contributed by atoms with E-state index in [1.807, 2.05) is 26.8 Å². The van der Waals surface area contributed by atoms with Crippen LogP contribution in [0.3, 0.4) is 0 Å². The van der Waals surface area contributed by atoms with Gasteiger partial charge in [0.25, 0.3) is 0 Å². The van der Waals surface area contributed by atoms with Gasteiger partial charge in [-0.3, -0.25) is 19.4 Å². The SMILES string of the molecule is CC(C)(C)C(=O)C1C2C(=O)N(c3ccc4c(c3)OCO4)C(=O)C2C2C=CC=NN21. The van der Waals surface area contributed by atoms with Gasteiger partial charge in [-0.1, -0.05) is 26.8 Å². The third-order valence-electron chi connectivity index (χ3n) is 5.91. The second kappa shape index (κ2) is 5.92. The Morgan fingerprint density at radius 2 is 1.83 bits per heavy atom. The summed E-state index contributed by atoms with van der Waals surface area (Å²) >= 11 is 0. The summed E-state index contributed by atoms with van der Waals surface area (Å²) in [5.41, 5.74) is -0.244. The molecule has 4 atom stereocenters. The average Bonchev–Trinajstić information content (AvgIpc) is 3.34. The first-order valence-electron chi connectivity index (χ1n) is 9.60. The molecule has 5 rings (SSSR count). The van der Waals surface area contributed by atoms with E-state index in [1.165, 1.54) is 4.90 Å². The summed E-state index contributed by atoms with van der Waals surface area (Å²) in [6, 6.07) is 3.78. The summed E-state index contributed by atoms with van der Waals surface area (Å²) in [5, 5.41) is 5.98. The number of imide groups is 1. The minimum absolute atomic E-state index is 0.101. The molecular weight excluding hydrogens is 374 g/mol. The molecule has 0 aromatic heterocycles. The van der Waals surface area contributed by atoms with Crippen LogP contribution < -0.4 is 14.4 Å². The maximum absolute atomic E-state index is 13.5. The Hall–Kier alpha value is -3.16. The van der Waals surface area contributed by atoms with Crippen LogP contribution in [-0.4, -0.2) is 47.7 Å². The quantitative estimate of drug-likeness (QED) is 0.709. The average molecular weight is 395 g/mol. The molecule has 1 aromatic carbocycles. The monoisotopic (exact) mass is 395 g/mol. The number of Topliss-reactive ketones (excluding diaryl/α,β-unsaturated/α-hetero) is 1. The number of hydrogen-bond acceptors (Lipinski definition) is 7. The van der Waals surface area contributed by atoms with Crippen LogP contribution in [0.4, 0.5) is 5.69 Å². The molecule has 4 heterocycles. The number of hydrogen-bond donors (Lipinski definition) is 0. The van der Waals surface area contributed by atoms with Gasteiger partial charge in [-0.05, 0) is 18.2 Å². The minimum Gasteiger partial charge on any atom is -0.454 e. The lowest BCUT2D eigenvalue weighted by atomic mass is 9.80. The maximum atomic E-state index is 13.5. The van der Waals surface area contributed by atoms with Crippen LogP contribution in [0.2, 0.25) is 0 Å². The predicted octanol–water partition coefficient (Wildman–Crippen LogP) is 1.74. The molecule has 0 aliphatic carbocycles. The van der Waals surface area contributed by atoms with Crippen molar-refractivity contribution >= 4 is 29.5 Å². The van der Waals surface area contributed by atoms with Crippen molar-refractivity contribution in [2.75, 3.05) is 11.7 Å². The van der Waals surface area contributed by atoms with E-state index in [1.54, 1.807) is 35.5 Å². The van der Waals surface area contributed by atoms with E-state index in [9.17, 15) is 14.4 Å². The fourth-order valence-electron chi connectivity index (χ4n) is 4.56. The van der Waals surface area contributed by atoms with Crippen molar-refractivity contribution in [2.45, 2.75) is 32.9 Å². The van der Waals surface area contributed by atoms with E-state index in [0.717, 1.165) is 0 Å². The first-order chi connectivity index (χ1) is 13.8. The molecule has 29 heavy (non-hydrogen) atoms. The molecule has 4 aliphatic heterocycles. The van der Waals surface area contributed by atoms with Crippen molar-refractivity contribution in [3.8, 4) is 11.5 Å². The van der Waals surface area contributed by atoms with Gasteiger partial charge in [-0.2, -0.15) is 5.10 Å². The number of rotatable bonds is 2. The highest BCUT2D eigenvalue weighted by Crippen LogP contribution is 2.48. The molecule has 0 radical (unpaired) electrons. The van der Waals surface area contributed by atoms with Gasteiger partial charge in [0.2, 0.25) is 18.6 Å². The normalized spacial score (nSPS) is 29.5. The zero-order valence-electron chi connectivity index (χ0n) is 16.4. The number of carbonyl (C=O) groups is 3. The molecule has 150 valence electrons. The molecular formula is C21H21N3O5. The Bertz CT molecular complexity index is 993. The summed E-state index contributed by atoms with van der Waals surface area (Å²) in [4.78, 5) is 41.3. The smallest absolute Gasteiger partial charge is 0.240 e. The molecule has 2 saturated heterocycles. The second-order valence-electron chi connectivity index (χ2n) is 8.68. The molecule has 8 nitrogen and oxygen atoms in total. The molecule has 1 aromatic rings. The number of carbonyl (C=O) groups excluding carboxylic acids is 3. The highest BCUT2D eigenvalue weighted by atomic mass is 16.7. The molecule has 0 spiro atoms. The van der Waals surface area contributed by atoms with Crippen molar-refractivity contribution in [2.24, 2.45) is 22.4 Å². The second-order valence-corrected chi connectivity index (χ2v) is 8.68. The predicted molar refractivity (Wildman–Crippen MR) is 104 cm³/mol. The van der Waals surface area contributed by atoms with Crippen LogP contribution in [0, 0.1) is 17.3 Å². The number of nitrogens with zero attached hydrogens (tertiary/aromatic N) is 3. The number of fused-ring (bicyclic) bond motifs is 4. The Morgan fingerprint density at radius 3 is 2.59 bits per heavy atom. The number of ketones is 1. The van der Waals surface area contributed by atoms with Crippen molar-refractivity contribution in [3.63, 3.8) is 0 Å². The van der Waals surface area contributed by atoms with Crippen molar-refractivity contribution < 1.29 is 23.9 Å². The Morgan fingerprint density at radius 1 is 1.10 bits per heavy atom. The van der Waals surface area contributed by atoms with Gasteiger partial charge >= 0.3 is 0 Å². The summed E-state index contributed by atoms with van der Waals surface area (Å²) in [6.45, 7) is 5.56. The van der Waals surface area contributed by atoms with Crippen LogP contribution in [-0.2, 0) is 14.4 Å². The Balaban J connectivity index is 1.57. The van der Waals surface area contributed by atoms with E-state index >= 15 is 0 Å². The fraction of sp³-hybridized carbons (Fsp3) is 0.429. The topological polar surface area (TPSA) is 88.5 Å². The molecule has 8 heteroatoms. The Kier molecular flexibility index (Phi) is 3.65. The molecule has 2 fully saturated rings. The molecule has 0 saturated carbocycles. The lowest BCUT2D eigenvalue weighted by Gasteiger charge is -2.33. The molecule has 4 unspecified atom stereocenters. The van der Waals surface area contributed by atoms with Gasteiger partial charge in [0.05, 0.1) is 23.6 Å². The van der Waals surface area contributed by atoms with Gasteiger partial charge in [0.15, 0.2) is 17.3 Å². The minimum atomic E-state index is -0.776. The fourth-order valence-corrected chi connectivity index (χ4v) is 4.56. The third-order valence-corrected chi connectivity index (χ3v) is 5.91. The summed E-state index contributed by atoms with van der Waals surface area (Å²) < 4.78 is 10.7. The number of hydrazone groups is 1. The summed E-state index contributed by atoms with van der Waals surface area (Å²) in [6.07, 6.45) is 5.18. The highest BCUT2D eigenvalue weighted by Gasteiger charge is 2.64. The van der Waals surface area contributed by atoms with Gasteiger partial charge in [-0.25, -0.2) is 4.90 Å². The number of ether oxygens (including phenoxy) is 2. The summed E-state index contributed by atoms with van der Waals surface area (Å²) in [5.74, 6) is -1.16. The van der Waals surface area contributed by atoms with Crippen molar-refractivity contribution in [1.29, 1.82) is 0 Å². The summed E-state index contributed by atoms with van der Waals surface area (Å²) in [7, 11) is 0. The van der Waals surface area contributed by atoms with E-state index in [0.29, 0.717) is 17.2 Å². The van der Waals surface area contributed by atoms with Crippen LogP contribution in [0.5, 0.6) is 11.5 Å².